The predicted molar refractivity (Wildman–Crippen MR) is 39.5 cm³/mol. The Morgan fingerprint density at radius 2 is 2.20 bits per heavy atom. The van der Waals surface area contributed by atoms with Crippen molar-refractivity contribution in [1.82, 2.24) is 5.32 Å². The van der Waals surface area contributed by atoms with Crippen LogP contribution in [-0.2, 0) is 4.79 Å². The standard InChI is InChI=1S/C7H13NO2/c1-4-5(2)8-7(10)6(3)9/h4-6,9H,1H2,2-3H3,(H,8,10)/t5?,6-/m0/s1. The van der Waals surface area contributed by atoms with Gasteiger partial charge in [-0.15, -0.1) is 6.58 Å². The van der Waals surface area contributed by atoms with Crippen LogP contribution in [-0.4, -0.2) is 23.2 Å². The van der Waals surface area contributed by atoms with Crippen LogP contribution in [0.5, 0.6) is 0 Å². The van der Waals surface area contributed by atoms with Crippen LogP contribution in [0, 0.1) is 0 Å². The van der Waals surface area contributed by atoms with Crippen molar-refractivity contribution in [3.63, 3.8) is 0 Å². The average Bonchev–Trinajstić information content (AvgIpc) is 1.87. The number of aliphatic hydroxyl groups excluding tert-OH is 1. The van der Waals surface area contributed by atoms with Crippen LogP contribution in [0.3, 0.4) is 0 Å². The van der Waals surface area contributed by atoms with Gasteiger partial charge in [0.15, 0.2) is 0 Å². The van der Waals surface area contributed by atoms with Gasteiger partial charge in [-0.2, -0.15) is 0 Å². The predicted octanol–water partition coefficient (Wildman–Crippen LogP) is 0.0579. The van der Waals surface area contributed by atoms with Crippen molar-refractivity contribution in [2.75, 3.05) is 0 Å². The highest BCUT2D eigenvalue weighted by Gasteiger charge is 2.08. The highest BCUT2D eigenvalue weighted by Crippen LogP contribution is 1.84. The molecule has 0 saturated heterocycles. The average molecular weight is 143 g/mol. The quantitative estimate of drug-likeness (QED) is 0.549. The zero-order chi connectivity index (χ0) is 8.15. The summed E-state index contributed by atoms with van der Waals surface area (Å²) >= 11 is 0. The summed E-state index contributed by atoms with van der Waals surface area (Å²) in [5.74, 6) is -0.368. The summed E-state index contributed by atoms with van der Waals surface area (Å²) in [6, 6.07) is -0.0814. The number of amides is 1. The third kappa shape index (κ3) is 3.25. The lowest BCUT2D eigenvalue weighted by Crippen LogP contribution is -2.37. The molecule has 0 aliphatic carbocycles. The molecule has 10 heavy (non-hydrogen) atoms. The smallest absolute Gasteiger partial charge is 0.249 e. The van der Waals surface area contributed by atoms with Crippen molar-refractivity contribution >= 4 is 5.91 Å². The maximum Gasteiger partial charge on any atom is 0.249 e. The lowest BCUT2D eigenvalue weighted by atomic mass is 10.3. The third-order valence-corrected chi connectivity index (χ3v) is 1.10. The van der Waals surface area contributed by atoms with Gasteiger partial charge < -0.3 is 10.4 Å². The van der Waals surface area contributed by atoms with E-state index in [4.69, 9.17) is 5.11 Å². The van der Waals surface area contributed by atoms with Gasteiger partial charge in [0.1, 0.15) is 6.10 Å². The van der Waals surface area contributed by atoms with Crippen LogP contribution in [0.2, 0.25) is 0 Å². The van der Waals surface area contributed by atoms with Gasteiger partial charge in [-0.05, 0) is 13.8 Å². The van der Waals surface area contributed by atoms with E-state index in [-0.39, 0.29) is 11.9 Å². The highest BCUT2D eigenvalue weighted by molar-refractivity contribution is 5.80. The molecule has 0 bridgehead atoms. The topological polar surface area (TPSA) is 49.3 Å². The van der Waals surface area contributed by atoms with Gasteiger partial charge >= 0.3 is 0 Å². The molecule has 1 unspecified atom stereocenters. The fraction of sp³-hybridized carbons (Fsp3) is 0.571. The van der Waals surface area contributed by atoms with Crippen LogP contribution < -0.4 is 5.32 Å². The molecule has 0 radical (unpaired) electrons. The van der Waals surface area contributed by atoms with Gasteiger partial charge in [0.25, 0.3) is 0 Å². The van der Waals surface area contributed by atoms with Crippen LogP contribution in [0.15, 0.2) is 12.7 Å². The summed E-state index contributed by atoms with van der Waals surface area (Å²) in [6.45, 7) is 6.68. The molecule has 2 N–H and O–H groups in total. The third-order valence-electron chi connectivity index (χ3n) is 1.10. The highest BCUT2D eigenvalue weighted by atomic mass is 16.3. The second-order valence-electron chi connectivity index (χ2n) is 2.21. The largest absolute Gasteiger partial charge is 0.384 e. The van der Waals surface area contributed by atoms with Crippen molar-refractivity contribution in [3.05, 3.63) is 12.7 Å². The molecule has 0 aromatic carbocycles. The van der Waals surface area contributed by atoms with E-state index in [1.165, 1.54) is 6.92 Å². The molecule has 0 aromatic rings. The van der Waals surface area contributed by atoms with E-state index in [1.807, 2.05) is 0 Å². The van der Waals surface area contributed by atoms with E-state index in [2.05, 4.69) is 11.9 Å². The molecule has 0 aromatic heterocycles. The molecule has 3 nitrogen and oxygen atoms in total. The minimum Gasteiger partial charge on any atom is -0.384 e. The summed E-state index contributed by atoms with van der Waals surface area (Å²) in [7, 11) is 0. The first-order valence-electron chi connectivity index (χ1n) is 3.19. The lowest BCUT2D eigenvalue weighted by molar-refractivity contribution is -0.128. The summed E-state index contributed by atoms with van der Waals surface area (Å²) in [6.07, 6.45) is 0.655. The van der Waals surface area contributed by atoms with E-state index in [1.54, 1.807) is 13.0 Å². The maximum absolute atomic E-state index is 10.7. The second kappa shape index (κ2) is 4.06. The normalized spacial score (nSPS) is 15.5. The molecule has 0 heterocycles. The van der Waals surface area contributed by atoms with Crippen LogP contribution >= 0.6 is 0 Å². The van der Waals surface area contributed by atoms with Crippen molar-refractivity contribution in [3.8, 4) is 0 Å². The molecule has 2 atom stereocenters. The van der Waals surface area contributed by atoms with Gasteiger partial charge in [-0.1, -0.05) is 6.08 Å². The van der Waals surface area contributed by atoms with Gasteiger partial charge in [-0.3, -0.25) is 4.79 Å². The number of aliphatic hydroxyl groups is 1. The summed E-state index contributed by atoms with van der Waals surface area (Å²) in [5, 5.41) is 11.2. The number of carbonyl (C=O) groups is 1. The molecule has 3 heteroatoms. The molecule has 0 rings (SSSR count). The Kier molecular flexibility index (Phi) is 3.72. The zero-order valence-electron chi connectivity index (χ0n) is 6.29. The Morgan fingerprint density at radius 1 is 1.70 bits per heavy atom. The van der Waals surface area contributed by atoms with Crippen molar-refractivity contribution in [2.45, 2.75) is 26.0 Å². The Labute approximate surface area is 60.7 Å². The number of hydrogen-bond donors (Lipinski definition) is 2. The fourth-order valence-corrected chi connectivity index (χ4v) is 0.404. The first-order chi connectivity index (χ1) is 4.57. The number of rotatable bonds is 3. The number of nitrogens with one attached hydrogen (secondary N) is 1. The fourth-order valence-electron chi connectivity index (χ4n) is 0.404. The van der Waals surface area contributed by atoms with Gasteiger partial charge in [-0.25, -0.2) is 0 Å². The number of carbonyl (C=O) groups excluding carboxylic acids is 1. The van der Waals surface area contributed by atoms with E-state index in [0.717, 1.165) is 0 Å². The minimum atomic E-state index is -0.942. The molecule has 0 aliphatic heterocycles. The second-order valence-corrected chi connectivity index (χ2v) is 2.21. The Balaban J connectivity index is 3.68. The SMILES string of the molecule is C=CC(C)NC(=O)[C@H](C)O. The van der Waals surface area contributed by atoms with Gasteiger partial charge in [0, 0.05) is 6.04 Å². The summed E-state index contributed by atoms with van der Waals surface area (Å²) < 4.78 is 0. The van der Waals surface area contributed by atoms with Crippen molar-refractivity contribution < 1.29 is 9.90 Å². The van der Waals surface area contributed by atoms with Crippen LogP contribution in [0.4, 0.5) is 0 Å². The molecule has 0 saturated carbocycles. The zero-order valence-corrected chi connectivity index (χ0v) is 6.29. The van der Waals surface area contributed by atoms with E-state index in [9.17, 15) is 4.79 Å². The number of hydrogen-bond acceptors (Lipinski definition) is 2. The Bertz CT molecular complexity index is 132. The Morgan fingerprint density at radius 3 is 2.50 bits per heavy atom. The van der Waals surface area contributed by atoms with Crippen LogP contribution in [0.1, 0.15) is 13.8 Å². The van der Waals surface area contributed by atoms with Crippen molar-refractivity contribution in [2.24, 2.45) is 0 Å². The maximum atomic E-state index is 10.7. The molecular formula is C7H13NO2. The monoisotopic (exact) mass is 143 g/mol. The lowest BCUT2D eigenvalue weighted by Gasteiger charge is -2.09. The minimum absolute atomic E-state index is 0.0814. The Hall–Kier alpha value is -0.830. The summed E-state index contributed by atoms with van der Waals surface area (Å²) in [4.78, 5) is 10.7. The summed E-state index contributed by atoms with van der Waals surface area (Å²) in [5.41, 5.74) is 0. The van der Waals surface area contributed by atoms with Crippen molar-refractivity contribution in [1.29, 1.82) is 0 Å². The molecule has 0 spiro atoms. The first kappa shape index (κ1) is 9.17. The molecule has 58 valence electrons. The first-order valence-corrected chi connectivity index (χ1v) is 3.19. The van der Waals surface area contributed by atoms with Gasteiger partial charge in [0.05, 0.1) is 0 Å². The van der Waals surface area contributed by atoms with Gasteiger partial charge in [0.2, 0.25) is 5.91 Å². The molecular weight excluding hydrogens is 130 g/mol. The molecule has 1 amide bonds. The van der Waals surface area contributed by atoms with E-state index in [0.29, 0.717) is 0 Å². The molecule has 0 fully saturated rings. The van der Waals surface area contributed by atoms with Crippen LogP contribution in [0.25, 0.3) is 0 Å². The van der Waals surface area contributed by atoms with E-state index < -0.39 is 6.10 Å². The van der Waals surface area contributed by atoms with E-state index >= 15 is 0 Å². The molecule has 0 aliphatic rings.